The summed E-state index contributed by atoms with van der Waals surface area (Å²) in [6.07, 6.45) is 0. The molecule has 0 unspecified atom stereocenters. The van der Waals surface area contributed by atoms with E-state index in [1.54, 1.807) is 17.4 Å². The van der Waals surface area contributed by atoms with Gasteiger partial charge in [0.25, 0.3) is 0 Å². The maximum Gasteiger partial charge on any atom is 0.338 e. The lowest BCUT2D eigenvalue weighted by Gasteiger charge is -2.03. The lowest BCUT2D eigenvalue weighted by molar-refractivity contribution is 0.0529. The minimum atomic E-state index is -0.305. The number of aromatic amines is 1. The number of hydrogen-bond acceptors (Lipinski definition) is 4. The summed E-state index contributed by atoms with van der Waals surface area (Å²) in [7, 11) is 0. The minimum Gasteiger partial charge on any atom is -0.462 e. The number of thiophene rings is 1. The Morgan fingerprint density at radius 3 is 2.96 bits per heavy atom. The molecule has 4 rings (SSSR count). The lowest BCUT2D eigenvalue weighted by Crippen LogP contribution is -2.04. The molecule has 1 N–H and O–H groups in total. The number of esters is 1. The number of nitrogens with zero attached hydrogens (tertiary/aromatic N) is 1. The van der Waals surface area contributed by atoms with Gasteiger partial charge in [0.2, 0.25) is 0 Å². The molecule has 0 fully saturated rings. The second-order valence-corrected chi connectivity index (χ2v) is 5.96. The van der Waals surface area contributed by atoms with Gasteiger partial charge in [-0.25, -0.2) is 9.78 Å². The summed E-state index contributed by atoms with van der Waals surface area (Å²) in [5, 5.41) is 5.90. The van der Waals surface area contributed by atoms with E-state index in [1.165, 1.54) is 0 Å². The summed E-state index contributed by atoms with van der Waals surface area (Å²) < 4.78 is 5.17. The van der Waals surface area contributed by atoms with E-state index in [1.807, 2.05) is 42.6 Å². The van der Waals surface area contributed by atoms with E-state index in [4.69, 9.17) is 9.72 Å². The first-order chi connectivity index (χ1) is 11.3. The molecular formula is C18H14N2O2S. The van der Waals surface area contributed by atoms with Crippen LogP contribution in [-0.4, -0.2) is 22.5 Å². The molecule has 0 aliphatic carbocycles. The van der Waals surface area contributed by atoms with Crippen LogP contribution < -0.4 is 0 Å². The number of nitrogens with one attached hydrogen (secondary N) is 1. The zero-order valence-electron chi connectivity index (χ0n) is 12.5. The third-order valence-electron chi connectivity index (χ3n) is 3.79. The lowest BCUT2D eigenvalue weighted by atomic mass is 10.1. The van der Waals surface area contributed by atoms with Crippen LogP contribution in [0.3, 0.4) is 0 Å². The standard InChI is InChI=1S/C18H14N2O2S/c1-2-22-18(21)13-4-3-5-15-16(13)12-6-7-14(19-17(12)20-15)11-8-9-23-10-11/h3-10H,2H2,1H3,(H,19,20). The van der Waals surface area contributed by atoms with Crippen molar-refractivity contribution in [1.29, 1.82) is 0 Å². The van der Waals surface area contributed by atoms with E-state index in [0.717, 1.165) is 33.2 Å². The van der Waals surface area contributed by atoms with Crippen LogP contribution in [0.5, 0.6) is 0 Å². The SMILES string of the molecule is CCOC(=O)c1cccc2[nH]c3nc(-c4ccsc4)ccc3c12. The Labute approximate surface area is 136 Å². The van der Waals surface area contributed by atoms with Crippen LogP contribution in [0.2, 0.25) is 0 Å². The number of aromatic nitrogens is 2. The fourth-order valence-corrected chi connectivity index (χ4v) is 3.43. The molecule has 0 saturated heterocycles. The van der Waals surface area contributed by atoms with Gasteiger partial charge >= 0.3 is 5.97 Å². The highest BCUT2D eigenvalue weighted by molar-refractivity contribution is 7.08. The van der Waals surface area contributed by atoms with Gasteiger partial charge in [-0.15, -0.1) is 0 Å². The van der Waals surface area contributed by atoms with Crippen LogP contribution >= 0.6 is 11.3 Å². The molecular weight excluding hydrogens is 308 g/mol. The van der Waals surface area contributed by atoms with Crippen molar-refractivity contribution in [2.24, 2.45) is 0 Å². The van der Waals surface area contributed by atoms with Gasteiger partial charge in [-0.2, -0.15) is 11.3 Å². The molecule has 0 saturated carbocycles. The van der Waals surface area contributed by atoms with Crippen LogP contribution in [0.1, 0.15) is 17.3 Å². The van der Waals surface area contributed by atoms with E-state index < -0.39 is 0 Å². The number of carbonyl (C=O) groups excluding carboxylic acids is 1. The first-order valence-corrected chi connectivity index (χ1v) is 8.33. The number of rotatable bonds is 3. The van der Waals surface area contributed by atoms with Gasteiger partial charge in [-0.1, -0.05) is 6.07 Å². The quantitative estimate of drug-likeness (QED) is 0.560. The summed E-state index contributed by atoms with van der Waals surface area (Å²) in [5.74, 6) is -0.305. The van der Waals surface area contributed by atoms with Crippen molar-refractivity contribution in [3.63, 3.8) is 0 Å². The van der Waals surface area contributed by atoms with E-state index in [9.17, 15) is 4.79 Å². The highest BCUT2D eigenvalue weighted by Crippen LogP contribution is 2.30. The molecule has 23 heavy (non-hydrogen) atoms. The monoisotopic (exact) mass is 322 g/mol. The van der Waals surface area contributed by atoms with Gasteiger partial charge in [0, 0.05) is 27.2 Å². The number of ether oxygens (including phenoxy) is 1. The van der Waals surface area contributed by atoms with Gasteiger partial charge in [-0.3, -0.25) is 0 Å². The van der Waals surface area contributed by atoms with E-state index in [2.05, 4.69) is 10.4 Å². The van der Waals surface area contributed by atoms with Crippen molar-refractivity contribution in [3.05, 3.63) is 52.7 Å². The van der Waals surface area contributed by atoms with E-state index in [0.29, 0.717) is 12.2 Å². The van der Waals surface area contributed by atoms with Gasteiger partial charge in [0.15, 0.2) is 0 Å². The van der Waals surface area contributed by atoms with Gasteiger partial charge < -0.3 is 9.72 Å². The Kier molecular flexibility index (Phi) is 3.35. The molecule has 0 radical (unpaired) electrons. The molecule has 0 bridgehead atoms. The van der Waals surface area contributed by atoms with Crippen LogP contribution in [0.15, 0.2) is 47.2 Å². The maximum atomic E-state index is 12.2. The van der Waals surface area contributed by atoms with Gasteiger partial charge in [-0.05, 0) is 42.6 Å². The van der Waals surface area contributed by atoms with Crippen LogP contribution in [0, 0.1) is 0 Å². The maximum absolute atomic E-state index is 12.2. The smallest absolute Gasteiger partial charge is 0.338 e. The normalized spacial score (nSPS) is 11.2. The Morgan fingerprint density at radius 1 is 1.26 bits per heavy atom. The Balaban J connectivity index is 1.95. The summed E-state index contributed by atoms with van der Waals surface area (Å²) in [5.41, 5.74) is 4.26. The van der Waals surface area contributed by atoms with E-state index >= 15 is 0 Å². The Bertz CT molecular complexity index is 1000. The number of hydrogen-bond donors (Lipinski definition) is 1. The molecule has 4 aromatic rings. The molecule has 1 aromatic carbocycles. The zero-order chi connectivity index (χ0) is 15.8. The highest BCUT2D eigenvalue weighted by Gasteiger charge is 2.16. The van der Waals surface area contributed by atoms with Crippen molar-refractivity contribution in [2.45, 2.75) is 6.92 Å². The molecule has 4 nitrogen and oxygen atoms in total. The average molecular weight is 322 g/mol. The van der Waals surface area contributed by atoms with Crippen molar-refractivity contribution < 1.29 is 9.53 Å². The van der Waals surface area contributed by atoms with Crippen LogP contribution in [0.4, 0.5) is 0 Å². The molecule has 0 amide bonds. The highest BCUT2D eigenvalue weighted by atomic mass is 32.1. The van der Waals surface area contributed by atoms with Crippen molar-refractivity contribution in [3.8, 4) is 11.3 Å². The number of benzene rings is 1. The van der Waals surface area contributed by atoms with Crippen LogP contribution in [-0.2, 0) is 4.74 Å². The predicted molar refractivity (Wildman–Crippen MR) is 92.9 cm³/mol. The summed E-state index contributed by atoms with van der Waals surface area (Å²) >= 11 is 1.65. The summed E-state index contributed by atoms with van der Waals surface area (Å²) in [4.78, 5) is 20.2. The van der Waals surface area contributed by atoms with Crippen molar-refractivity contribution in [2.75, 3.05) is 6.61 Å². The topological polar surface area (TPSA) is 55.0 Å². The third-order valence-corrected chi connectivity index (χ3v) is 4.48. The molecule has 114 valence electrons. The minimum absolute atomic E-state index is 0.305. The number of pyridine rings is 1. The fourth-order valence-electron chi connectivity index (χ4n) is 2.78. The van der Waals surface area contributed by atoms with Crippen molar-refractivity contribution >= 4 is 39.2 Å². The molecule has 3 heterocycles. The van der Waals surface area contributed by atoms with Crippen molar-refractivity contribution in [1.82, 2.24) is 9.97 Å². The predicted octanol–water partition coefficient (Wildman–Crippen LogP) is 4.62. The molecule has 0 aliphatic rings. The molecule has 5 heteroatoms. The second-order valence-electron chi connectivity index (χ2n) is 5.18. The van der Waals surface area contributed by atoms with Gasteiger partial charge in [0.05, 0.1) is 17.9 Å². The van der Waals surface area contributed by atoms with Crippen LogP contribution in [0.25, 0.3) is 33.2 Å². The number of carbonyl (C=O) groups is 1. The summed E-state index contributed by atoms with van der Waals surface area (Å²) in [6.45, 7) is 2.17. The largest absolute Gasteiger partial charge is 0.462 e. The van der Waals surface area contributed by atoms with E-state index in [-0.39, 0.29) is 5.97 Å². The molecule has 0 aliphatic heterocycles. The molecule has 3 aromatic heterocycles. The third kappa shape index (κ3) is 2.29. The number of H-pyrrole nitrogens is 1. The molecule has 0 spiro atoms. The number of fused-ring (bicyclic) bond motifs is 3. The fraction of sp³-hybridized carbons (Fsp3) is 0.111. The second kappa shape index (κ2) is 5.52. The van der Waals surface area contributed by atoms with Gasteiger partial charge in [0.1, 0.15) is 5.65 Å². The first kappa shape index (κ1) is 14.0. The zero-order valence-corrected chi connectivity index (χ0v) is 13.3. The average Bonchev–Trinajstić information content (AvgIpc) is 3.21. The summed E-state index contributed by atoms with van der Waals surface area (Å²) in [6, 6.07) is 11.6. The Hall–Kier alpha value is -2.66. The molecule has 0 atom stereocenters. The Morgan fingerprint density at radius 2 is 2.17 bits per heavy atom. The first-order valence-electron chi connectivity index (χ1n) is 7.39.